The molecule has 5 rings (SSSR count). The molecule has 3 aromatic rings. The van der Waals surface area contributed by atoms with Crippen LogP contribution in [0.2, 0.25) is 0 Å². The third kappa shape index (κ3) is 2.88. The van der Waals surface area contributed by atoms with Gasteiger partial charge < -0.3 is 20.1 Å². The number of aromatic hydroxyl groups is 2. The lowest BCUT2D eigenvalue weighted by Crippen LogP contribution is -2.29. The summed E-state index contributed by atoms with van der Waals surface area (Å²) >= 11 is 0. The predicted molar refractivity (Wildman–Crippen MR) is 107 cm³/mol. The van der Waals surface area contributed by atoms with E-state index in [1.807, 2.05) is 31.2 Å². The number of phenols is 2. The molecule has 2 heterocycles. The molecule has 0 radical (unpaired) electrons. The van der Waals surface area contributed by atoms with Gasteiger partial charge in [-0.1, -0.05) is 29.4 Å². The fourth-order valence-electron chi connectivity index (χ4n) is 4.45. The van der Waals surface area contributed by atoms with Gasteiger partial charge in [0.05, 0.1) is 11.3 Å². The molecule has 2 atom stereocenters. The Labute approximate surface area is 167 Å². The monoisotopic (exact) mass is 388 g/mol. The Morgan fingerprint density at radius 3 is 2.24 bits per heavy atom. The van der Waals surface area contributed by atoms with Crippen molar-refractivity contribution in [3.8, 4) is 11.5 Å². The molecule has 0 spiro atoms. The molecule has 6 nitrogen and oxygen atoms in total. The number of carbonyl (C=O) groups is 1. The fraction of sp³-hybridized carbons (Fsp3) is 0.217. The van der Waals surface area contributed by atoms with Crippen molar-refractivity contribution < 1.29 is 19.5 Å². The number of nitrogens with one attached hydrogen (secondary N) is 1. The van der Waals surface area contributed by atoms with Gasteiger partial charge in [-0.15, -0.1) is 0 Å². The number of phenolic OH excluding ortho intramolecular Hbond substituents is 2. The largest absolute Gasteiger partial charge is 0.508 e. The van der Waals surface area contributed by atoms with Gasteiger partial charge >= 0.3 is 0 Å². The lowest BCUT2D eigenvalue weighted by Gasteiger charge is -2.34. The summed E-state index contributed by atoms with van der Waals surface area (Å²) in [6, 6.07) is 14.0. The van der Waals surface area contributed by atoms with Gasteiger partial charge in [0.1, 0.15) is 11.5 Å². The molecule has 29 heavy (non-hydrogen) atoms. The van der Waals surface area contributed by atoms with Crippen molar-refractivity contribution >= 4 is 11.7 Å². The number of aromatic nitrogens is 1. The first kappa shape index (κ1) is 17.6. The second-order valence-corrected chi connectivity index (χ2v) is 7.67. The maximum absolute atomic E-state index is 13.3. The van der Waals surface area contributed by atoms with Crippen LogP contribution in [0.3, 0.4) is 0 Å². The molecule has 2 aliphatic rings. The van der Waals surface area contributed by atoms with Crippen LogP contribution >= 0.6 is 0 Å². The molecule has 6 heteroatoms. The molecular formula is C23H20N2O4. The smallest absolute Gasteiger partial charge is 0.233 e. The Morgan fingerprint density at radius 1 is 0.966 bits per heavy atom. The van der Waals surface area contributed by atoms with E-state index in [0.717, 1.165) is 33.7 Å². The first-order chi connectivity index (χ1) is 14.0. The molecule has 1 aliphatic carbocycles. The first-order valence-corrected chi connectivity index (χ1v) is 9.58. The number of rotatable bonds is 2. The molecule has 0 unspecified atom stereocenters. The SMILES string of the molecule is Cc1noc2c1[C@@H](c1ccc(O)cc1)C1=C(C[C@@H](c3ccc(O)cc3)CC1=O)N2. The van der Waals surface area contributed by atoms with Crippen LogP contribution in [0.4, 0.5) is 5.88 Å². The van der Waals surface area contributed by atoms with Crippen molar-refractivity contribution in [2.45, 2.75) is 31.6 Å². The van der Waals surface area contributed by atoms with Crippen molar-refractivity contribution in [2.75, 3.05) is 5.32 Å². The molecule has 3 N–H and O–H groups in total. The lowest BCUT2D eigenvalue weighted by molar-refractivity contribution is -0.116. The zero-order valence-electron chi connectivity index (χ0n) is 15.8. The van der Waals surface area contributed by atoms with Gasteiger partial charge in [-0.25, -0.2) is 0 Å². The topological polar surface area (TPSA) is 95.6 Å². The summed E-state index contributed by atoms with van der Waals surface area (Å²) in [7, 11) is 0. The van der Waals surface area contributed by atoms with Gasteiger partial charge in [-0.3, -0.25) is 4.79 Å². The Kier molecular flexibility index (Phi) is 3.94. The number of Topliss-reactive ketones (excluding diaryl/α,β-unsaturated/α-hetero) is 1. The molecule has 0 saturated heterocycles. The second-order valence-electron chi connectivity index (χ2n) is 7.67. The van der Waals surface area contributed by atoms with Gasteiger partial charge in [0.15, 0.2) is 5.78 Å². The summed E-state index contributed by atoms with van der Waals surface area (Å²) in [5.74, 6) is 0.795. The number of hydrogen-bond acceptors (Lipinski definition) is 6. The molecule has 1 aliphatic heterocycles. The molecule has 0 saturated carbocycles. The second kappa shape index (κ2) is 6.51. The standard InChI is InChI=1S/C23H20N2O4/c1-12-20-21(14-4-8-17(27)9-5-14)22-18(24-23(20)29-25-12)10-15(11-19(22)28)13-2-6-16(26)7-3-13/h2-9,15,21,24,26-27H,10-11H2,1H3/t15-,21-/m1/s1. The van der Waals surface area contributed by atoms with Crippen molar-refractivity contribution in [3.05, 3.63) is 82.2 Å². The van der Waals surface area contributed by atoms with Crippen molar-refractivity contribution in [3.63, 3.8) is 0 Å². The summed E-state index contributed by atoms with van der Waals surface area (Å²) in [4.78, 5) is 13.3. The number of hydrogen-bond donors (Lipinski definition) is 3. The van der Waals surface area contributed by atoms with Gasteiger partial charge in [-0.2, -0.15) is 0 Å². The summed E-state index contributed by atoms with van der Waals surface area (Å²) < 4.78 is 5.51. The number of allylic oxidation sites excluding steroid dienone is 2. The van der Waals surface area contributed by atoms with Crippen LogP contribution in [-0.4, -0.2) is 21.2 Å². The van der Waals surface area contributed by atoms with E-state index in [2.05, 4.69) is 10.5 Å². The first-order valence-electron chi connectivity index (χ1n) is 9.58. The van der Waals surface area contributed by atoms with Gasteiger partial charge in [0, 0.05) is 23.6 Å². The van der Waals surface area contributed by atoms with Gasteiger partial charge in [-0.05, 0) is 54.7 Å². The summed E-state index contributed by atoms with van der Waals surface area (Å²) in [5, 5.41) is 26.7. The van der Waals surface area contributed by atoms with Crippen LogP contribution in [0.5, 0.6) is 11.5 Å². The van der Waals surface area contributed by atoms with Crippen molar-refractivity contribution in [1.82, 2.24) is 5.16 Å². The summed E-state index contributed by atoms with van der Waals surface area (Å²) in [6.07, 6.45) is 1.07. The van der Waals surface area contributed by atoms with Crippen LogP contribution in [0.1, 0.15) is 47.1 Å². The molecule has 1 aromatic heterocycles. The zero-order chi connectivity index (χ0) is 20.1. The third-order valence-electron chi connectivity index (χ3n) is 5.85. The number of nitrogens with zero attached hydrogens (tertiary/aromatic N) is 1. The van der Waals surface area contributed by atoms with E-state index in [-0.39, 0.29) is 29.1 Å². The quantitative estimate of drug-likeness (QED) is 0.604. The Morgan fingerprint density at radius 2 is 1.59 bits per heavy atom. The molecule has 2 aromatic carbocycles. The minimum Gasteiger partial charge on any atom is -0.508 e. The molecule has 0 fully saturated rings. The summed E-state index contributed by atoms with van der Waals surface area (Å²) in [5.41, 5.74) is 5.13. The minimum atomic E-state index is -0.277. The van der Waals surface area contributed by atoms with E-state index in [4.69, 9.17) is 4.52 Å². The van der Waals surface area contributed by atoms with Crippen LogP contribution in [0.15, 0.2) is 64.3 Å². The average molecular weight is 388 g/mol. The van der Waals surface area contributed by atoms with Gasteiger partial charge in [0.25, 0.3) is 0 Å². The Bertz CT molecular complexity index is 1130. The highest BCUT2D eigenvalue weighted by Gasteiger charge is 2.41. The predicted octanol–water partition coefficient (Wildman–Crippen LogP) is 4.35. The van der Waals surface area contributed by atoms with E-state index >= 15 is 0 Å². The van der Waals surface area contributed by atoms with E-state index in [1.54, 1.807) is 24.3 Å². The number of fused-ring (bicyclic) bond motifs is 1. The van der Waals surface area contributed by atoms with Crippen LogP contribution in [0, 0.1) is 6.92 Å². The Hall–Kier alpha value is -3.54. The van der Waals surface area contributed by atoms with Gasteiger partial charge in [0.2, 0.25) is 5.88 Å². The number of carbonyl (C=O) groups excluding carboxylic acids is 1. The maximum Gasteiger partial charge on any atom is 0.233 e. The van der Waals surface area contributed by atoms with Crippen molar-refractivity contribution in [2.24, 2.45) is 0 Å². The third-order valence-corrected chi connectivity index (χ3v) is 5.85. The van der Waals surface area contributed by atoms with Crippen LogP contribution < -0.4 is 5.32 Å². The molecule has 0 amide bonds. The Balaban J connectivity index is 1.61. The molecule has 0 bridgehead atoms. The van der Waals surface area contributed by atoms with Crippen molar-refractivity contribution in [1.29, 1.82) is 0 Å². The molecule has 146 valence electrons. The minimum absolute atomic E-state index is 0.0281. The number of benzene rings is 2. The van der Waals surface area contributed by atoms with E-state index < -0.39 is 0 Å². The van der Waals surface area contributed by atoms with E-state index in [1.165, 1.54) is 0 Å². The molecular weight excluding hydrogens is 368 g/mol. The zero-order valence-corrected chi connectivity index (χ0v) is 15.8. The number of anilines is 1. The highest BCUT2D eigenvalue weighted by Crippen LogP contribution is 2.49. The average Bonchev–Trinajstić information content (AvgIpc) is 3.08. The van der Waals surface area contributed by atoms with Crippen LogP contribution in [-0.2, 0) is 4.79 Å². The fourth-order valence-corrected chi connectivity index (χ4v) is 4.45. The van der Waals surface area contributed by atoms with E-state index in [9.17, 15) is 15.0 Å². The lowest BCUT2D eigenvalue weighted by atomic mass is 9.72. The van der Waals surface area contributed by atoms with Crippen LogP contribution in [0.25, 0.3) is 0 Å². The van der Waals surface area contributed by atoms with E-state index in [0.29, 0.717) is 18.7 Å². The number of aryl methyl sites for hydroxylation is 1. The highest BCUT2D eigenvalue weighted by atomic mass is 16.5. The number of ketones is 1. The maximum atomic E-state index is 13.3. The normalized spacial score (nSPS) is 20.8. The highest BCUT2D eigenvalue weighted by molar-refractivity contribution is 6.01. The summed E-state index contributed by atoms with van der Waals surface area (Å²) in [6.45, 7) is 1.87.